The second-order valence-corrected chi connectivity index (χ2v) is 4.58. The second kappa shape index (κ2) is 7.07. The molecule has 0 saturated heterocycles. The Morgan fingerprint density at radius 3 is 2.79 bits per heavy atom. The van der Waals surface area contributed by atoms with Crippen molar-refractivity contribution >= 4 is 23.4 Å². The summed E-state index contributed by atoms with van der Waals surface area (Å²) in [5.74, 6) is 2.14. The van der Waals surface area contributed by atoms with Crippen LogP contribution in [0.1, 0.15) is 31.9 Å². The Labute approximate surface area is 94.5 Å². The van der Waals surface area contributed by atoms with Crippen molar-refractivity contribution in [3.63, 3.8) is 0 Å². The Balaban J connectivity index is 2.15. The molecule has 1 aromatic rings. The molecule has 0 saturated carbocycles. The van der Waals surface area contributed by atoms with E-state index in [-0.39, 0.29) is 0 Å². The smallest absolute Gasteiger partial charge is 0.147 e. The van der Waals surface area contributed by atoms with E-state index in [2.05, 4.69) is 16.9 Å². The molecule has 0 radical (unpaired) electrons. The Kier molecular flexibility index (Phi) is 5.96. The van der Waals surface area contributed by atoms with E-state index in [4.69, 9.17) is 11.6 Å². The van der Waals surface area contributed by atoms with Crippen molar-refractivity contribution in [3.8, 4) is 0 Å². The fourth-order valence-corrected chi connectivity index (χ4v) is 2.05. The first-order chi connectivity index (χ1) is 6.83. The van der Waals surface area contributed by atoms with E-state index >= 15 is 0 Å². The Morgan fingerprint density at radius 1 is 1.29 bits per heavy atom. The van der Waals surface area contributed by atoms with Gasteiger partial charge in [-0.2, -0.15) is 11.8 Å². The number of thioether (sulfide) groups is 1. The van der Waals surface area contributed by atoms with Crippen LogP contribution in [-0.4, -0.2) is 15.7 Å². The van der Waals surface area contributed by atoms with Gasteiger partial charge in [-0.3, -0.25) is 4.98 Å². The predicted molar refractivity (Wildman–Crippen MR) is 62.7 cm³/mol. The number of aromatic nitrogens is 2. The molecule has 0 amide bonds. The lowest BCUT2D eigenvalue weighted by Crippen LogP contribution is -1.89. The molecule has 0 bridgehead atoms. The molecule has 0 aliphatic rings. The molecule has 2 nitrogen and oxygen atoms in total. The molecule has 1 rings (SSSR count). The highest BCUT2D eigenvalue weighted by Gasteiger charge is 1.96. The summed E-state index contributed by atoms with van der Waals surface area (Å²) < 4.78 is 0. The summed E-state index contributed by atoms with van der Waals surface area (Å²) in [6, 6.07) is 0. The highest BCUT2D eigenvalue weighted by molar-refractivity contribution is 7.98. The highest BCUT2D eigenvalue weighted by atomic mass is 35.5. The van der Waals surface area contributed by atoms with Gasteiger partial charge in [-0.1, -0.05) is 31.4 Å². The van der Waals surface area contributed by atoms with Crippen molar-refractivity contribution in [3.05, 3.63) is 23.2 Å². The quantitative estimate of drug-likeness (QED) is 0.699. The van der Waals surface area contributed by atoms with E-state index < -0.39 is 0 Å². The molecule has 0 fully saturated rings. The summed E-state index contributed by atoms with van der Waals surface area (Å²) in [5, 5.41) is 0.463. The third kappa shape index (κ3) is 4.82. The second-order valence-electron chi connectivity index (χ2n) is 3.09. The minimum absolute atomic E-state index is 0.463. The lowest BCUT2D eigenvalue weighted by Gasteiger charge is -2.00. The monoisotopic (exact) mass is 230 g/mol. The lowest BCUT2D eigenvalue weighted by atomic mass is 10.3. The zero-order valence-corrected chi connectivity index (χ0v) is 9.94. The maximum atomic E-state index is 5.63. The van der Waals surface area contributed by atoms with E-state index in [1.807, 2.05) is 11.8 Å². The number of hydrogen-bond donors (Lipinski definition) is 0. The van der Waals surface area contributed by atoms with Gasteiger partial charge < -0.3 is 0 Å². The first kappa shape index (κ1) is 11.8. The maximum absolute atomic E-state index is 5.63. The van der Waals surface area contributed by atoms with Crippen LogP contribution in [0, 0.1) is 0 Å². The van der Waals surface area contributed by atoms with Crippen LogP contribution in [-0.2, 0) is 5.75 Å². The SMILES string of the molecule is CCCCCSCc1cnc(Cl)cn1. The van der Waals surface area contributed by atoms with Crippen molar-refractivity contribution in [2.24, 2.45) is 0 Å². The fraction of sp³-hybridized carbons (Fsp3) is 0.600. The van der Waals surface area contributed by atoms with Gasteiger partial charge >= 0.3 is 0 Å². The van der Waals surface area contributed by atoms with Crippen LogP contribution in [0.4, 0.5) is 0 Å². The van der Waals surface area contributed by atoms with E-state index in [0.29, 0.717) is 5.15 Å². The van der Waals surface area contributed by atoms with Crippen molar-refractivity contribution in [1.29, 1.82) is 0 Å². The van der Waals surface area contributed by atoms with Crippen LogP contribution in [0.25, 0.3) is 0 Å². The molecule has 78 valence electrons. The largest absolute Gasteiger partial charge is 0.256 e. The lowest BCUT2D eigenvalue weighted by molar-refractivity contribution is 0.778. The standard InChI is InChI=1S/C10H15ClN2S/c1-2-3-4-5-14-8-9-6-13-10(11)7-12-9/h6-7H,2-5,8H2,1H3. The molecule has 1 aromatic heterocycles. The molecule has 0 N–H and O–H groups in total. The third-order valence-corrected chi connectivity index (χ3v) is 3.09. The van der Waals surface area contributed by atoms with E-state index in [1.165, 1.54) is 25.0 Å². The molecule has 0 aromatic carbocycles. The summed E-state index contributed by atoms with van der Waals surface area (Å²) in [7, 11) is 0. The fourth-order valence-electron chi connectivity index (χ4n) is 1.04. The molecular formula is C10H15ClN2S. The number of nitrogens with zero attached hydrogens (tertiary/aromatic N) is 2. The van der Waals surface area contributed by atoms with Crippen LogP contribution in [0.3, 0.4) is 0 Å². The summed E-state index contributed by atoms with van der Waals surface area (Å²) in [4.78, 5) is 8.16. The summed E-state index contributed by atoms with van der Waals surface area (Å²) in [6.07, 6.45) is 7.24. The summed E-state index contributed by atoms with van der Waals surface area (Å²) in [6.45, 7) is 2.22. The molecule has 1 heterocycles. The van der Waals surface area contributed by atoms with Crippen LogP contribution in [0.5, 0.6) is 0 Å². The van der Waals surface area contributed by atoms with Gasteiger partial charge in [0.15, 0.2) is 0 Å². The topological polar surface area (TPSA) is 25.8 Å². The Bertz CT molecular complexity index is 251. The minimum Gasteiger partial charge on any atom is -0.256 e. The van der Waals surface area contributed by atoms with Gasteiger partial charge in [0, 0.05) is 5.75 Å². The van der Waals surface area contributed by atoms with Gasteiger partial charge in [0.1, 0.15) is 5.15 Å². The van der Waals surface area contributed by atoms with Gasteiger partial charge in [-0.25, -0.2) is 4.98 Å². The van der Waals surface area contributed by atoms with Crippen molar-refractivity contribution < 1.29 is 0 Å². The molecule has 0 atom stereocenters. The molecule has 14 heavy (non-hydrogen) atoms. The molecular weight excluding hydrogens is 216 g/mol. The van der Waals surface area contributed by atoms with Crippen molar-refractivity contribution in [2.75, 3.05) is 5.75 Å². The predicted octanol–water partition coefficient (Wildman–Crippen LogP) is 3.55. The van der Waals surface area contributed by atoms with Crippen LogP contribution in [0.2, 0.25) is 5.15 Å². The third-order valence-electron chi connectivity index (χ3n) is 1.82. The van der Waals surface area contributed by atoms with Crippen molar-refractivity contribution in [2.45, 2.75) is 31.9 Å². The van der Waals surface area contributed by atoms with Gasteiger partial charge in [0.05, 0.1) is 18.1 Å². The molecule has 0 aliphatic carbocycles. The van der Waals surface area contributed by atoms with Gasteiger partial charge in [-0.05, 0) is 12.2 Å². The zero-order chi connectivity index (χ0) is 10.2. The summed E-state index contributed by atoms with van der Waals surface area (Å²) in [5.41, 5.74) is 1.01. The number of hydrogen-bond acceptors (Lipinski definition) is 3. The molecule has 0 aliphatic heterocycles. The maximum Gasteiger partial charge on any atom is 0.147 e. The highest BCUT2D eigenvalue weighted by Crippen LogP contribution is 2.12. The average Bonchev–Trinajstić information content (AvgIpc) is 2.21. The minimum atomic E-state index is 0.463. The van der Waals surface area contributed by atoms with Crippen LogP contribution < -0.4 is 0 Å². The number of unbranched alkanes of at least 4 members (excludes halogenated alkanes) is 2. The normalized spacial score (nSPS) is 10.4. The average molecular weight is 231 g/mol. The number of rotatable bonds is 6. The van der Waals surface area contributed by atoms with Gasteiger partial charge in [0.2, 0.25) is 0 Å². The van der Waals surface area contributed by atoms with E-state index in [0.717, 1.165) is 11.4 Å². The van der Waals surface area contributed by atoms with Crippen LogP contribution >= 0.6 is 23.4 Å². The van der Waals surface area contributed by atoms with Crippen molar-refractivity contribution in [1.82, 2.24) is 9.97 Å². The Morgan fingerprint density at radius 2 is 2.14 bits per heavy atom. The summed E-state index contributed by atoms with van der Waals surface area (Å²) >= 11 is 7.54. The van der Waals surface area contributed by atoms with E-state index in [1.54, 1.807) is 12.4 Å². The van der Waals surface area contributed by atoms with Gasteiger partial charge in [-0.15, -0.1) is 0 Å². The van der Waals surface area contributed by atoms with Crippen LogP contribution in [0.15, 0.2) is 12.4 Å². The molecule has 0 spiro atoms. The molecule has 0 unspecified atom stereocenters. The first-order valence-electron chi connectivity index (χ1n) is 4.87. The first-order valence-corrected chi connectivity index (χ1v) is 6.40. The molecule has 4 heteroatoms. The zero-order valence-electron chi connectivity index (χ0n) is 8.37. The van der Waals surface area contributed by atoms with Gasteiger partial charge in [0.25, 0.3) is 0 Å². The Hall–Kier alpha value is -0.280. The van der Waals surface area contributed by atoms with E-state index in [9.17, 15) is 0 Å². The number of halogens is 1.